The molecule has 1 heterocycles. The number of rotatable bonds is 8. The highest BCUT2D eigenvalue weighted by Crippen LogP contribution is 2.40. The van der Waals surface area contributed by atoms with Crippen LogP contribution in [0, 0.1) is 0 Å². The first kappa shape index (κ1) is 18.8. The van der Waals surface area contributed by atoms with E-state index in [0.717, 1.165) is 22.0 Å². The molecule has 0 aliphatic rings. The molecule has 3 aromatic rings. The van der Waals surface area contributed by atoms with Gasteiger partial charge < -0.3 is 24.5 Å². The fraction of sp³-hybridized carbons (Fsp3) is 0.286. The fourth-order valence-corrected chi connectivity index (χ4v) is 3.35. The Morgan fingerprint density at radius 2 is 1.85 bits per heavy atom. The zero-order valence-electron chi connectivity index (χ0n) is 15.7. The Labute approximate surface area is 158 Å². The molecule has 0 spiro atoms. The summed E-state index contributed by atoms with van der Waals surface area (Å²) in [7, 11) is 4.74. The molecular weight excluding hydrogens is 344 g/mol. The van der Waals surface area contributed by atoms with Gasteiger partial charge in [0.1, 0.15) is 6.61 Å². The summed E-state index contributed by atoms with van der Waals surface area (Å²) in [4.78, 5) is 15.3. The number of carbonyl (C=O) groups is 1. The van der Waals surface area contributed by atoms with Crippen LogP contribution >= 0.6 is 0 Å². The minimum Gasteiger partial charge on any atom is -0.493 e. The van der Waals surface area contributed by atoms with Crippen molar-refractivity contribution in [3.8, 4) is 11.5 Å². The molecule has 0 saturated heterocycles. The number of methoxy groups -OCH3 is 3. The lowest BCUT2D eigenvalue weighted by molar-refractivity contribution is -0.124. The van der Waals surface area contributed by atoms with E-state index in [0.29, 0.717) is 18.0 Å². The van der Waals surface area contributed by atoms with Crippen LogP contribution in [-0.4, -0.2) is 45.4 Å². The summed E-state index contributed by atoms with van der Waals surface area (Å²) in [5.41, 5.74) is 3.07. The molecule has 0 fully saturated rings. The van der Waals surface area contributed by atoms with Crippen LogP contribution in [-0.2, 0) is 9.53 Å². The van der Waals surface area contributed by atoms with Crippen LogP contribution in [0.4, 0.5) is 0 Å². The first-order chi connectivity index (χ1) is 13.2. The second-order valence-corrected chi connectivity index (χ2v) is 6.16. The zero-order chi connectivity index (χ0) is 19.2. The lowest BCUT2D eigenvalue weighted by Crippen LogP contribution is -2.31. The molecule has 0 aliphatic heterocycles. The Kier molecular flexibility index (Phi) is 5.98. The molecule has 1 atom stereocenters. The van der Waals surface area contributed by atoms with Gasteiger partial charge >= 0.3 is 0 Å². The second kappa shape index (κ2) is 8.60. The van der Waals surface area contributed by atoms with E-state index in [4.69, 9.17) is 14.2 Å². The molecule has 0 aliphatic carbocycles. The predicted molar refractivity (Wildman–Crippen MR) is 105 cm³/mol. The number of aromatic nitrogens is 1. The van der Waals surface area contributed by atoms with Crippen LogP contribution in [0.3, 0.4) is 0 Å². The Balaban J connectivity index is 2.07. The molecule has 27 heavy (non-hydrogen) atoms. The van der Waals surface area contributed by atoms with Gasteiger partial charge in [-0.1, -0.05) is 30.3 Å². The van der Waals surface area contributed by atoms with Crippen molar-refractivity contribution in [1.82, 2.24) is 10.3 Å². The fourth-order valence-electron chi connectivity index (χ4n) is 3.35. The molecule has 6 heteroatoms. The Bertz CT molecular complexity index is 919. The van der Waals surface area contributed by atoms with Gasteiger partial charge in [-0.15, -0.1) is 0 Å². The van der Waals surface area contributed by atoms with E-state index in [9.17, 15) is 4.79 Å². The van der Waals surface area contributed by atoms with Crippen molar-refractivity contribution in [2.24, 2.45) is 0 Å². The van der Waals surface area contributed by atoms with Gasteiger partial charge in [-0.25, -0.2) is 0 Å². The average Bonchev–Trinajstić information content (AvgIpc) is 3.12. The number of nitrogens with one attached hydrogen (secondary N) is 2. The topological polar surface area (TPSA) is 72.6 Å². The van der Waals surface area contributed by atoms with E-state index in [1.807, 2.05) is 42.6 Å². The zero-order valence-corrected chi connectivity index (χ0v) is 15.7. The van der Waals surface area contributed by atoms with Crippen molar-refractivity contribution >= 4 is 16.8 Å². The standard InChI is InChI=1S/C21H24N2O4/c1-25-13-20(24)23-12-17(15-8-6-10-19(26-2)21(15)27-3)16-11-22-18-9-5-4-7-14(16)18/h4-11,17,22H,12-13H2,1-3H3,(H,23,24). The van der Waals surface area contributed by atoms with Crippen molar-refractivity contribution in [2.75, 3.05) is 34.5 Å². The van der Waals surface area contributed by atoms with Gasteiger partial charge in [-0.05, 0) is 17.7 Å². The summed E-state index contributed by atoms with van der Waals surface area (Å²) in [5, 5.41) is 4.05. The highest BCUT2D eigenvalue weighted by Gasteiger charge is 2.24. The maximum Gasteiger partial charge on any atom is 0.246 e. The molecule has 2 aromatic carbocycles. The van der Waals surface area contributed by atoms with E-state index >= 15 is 0 Å². The first-order valence-corrected chi connectivity index (χ1v) is 8.72. The van der Waals surface area contributed by atoms with Crippen LogP contribution in [0.1, 0.15) is 17.0 Å². The van der Waals surface area contributed by atoms with Gasteiger partial charge in [0.05, 0.1) is 14.2 Å². The summed E-state index contributed by atoms with van der Waals surface area (Å²) in [6.07, 6.45) is 1.98. The number of para-hydroxylation sites is 2. The number of aromatic amines is 1. The normalized spacial score (nSPS) is 12.0. The maximum atomic E-state index is 12.0. The van der Waals surface area contributed by atoms with Gasteiger partial charge in [0, 0.05) is 42.2 Å². The van der Waals surface area contributed by atoms with Crippen LogP contribution < -0.4 is 14.8 Å². The van der Waals surface area contributed by atoms with E-state index < -0.39 is 0 Å². The van der Waals surface area contributed by atoms with Crippen molar-refractivity contribution in [2.45, 2.75) is 5.92 Å². The number of carbonyl (C=O) groups excluding carboxylic acids is 1. The molecule has 1 amide bonds. The summed E-state index contributed by atoms with van der Waals surface area (Å²) in [5.74, 6) is 1.04. The number of hydrogen-bond donors (Lipinski definition) is 2. The van der Waals surface area contributed by atoms with E-state index in [-0.39, 0.29) is 18.4 Å². The molecule has 2 N–H and O–H groups in total. The summed E-state index contributed by atoms with van der Waals surface area (Å²) in [6.45, 7) is 0.434. The third-order valence-electron chi connectivity index (χ3n) is 4.58. The second-order valence-electron chi connectivity index (χ2n) is 6.16. The highest BCUT2D eigenvalue weighted by atomic mass is 16.5. The Hall–Kier alpha value is -2.99. The number of fused-ring (bicyclic) bond motifs is 1. The lowest BCUT2D eigenvalue weighted by Gasteiger charge is -2.22. The Morgan fingerprint density at radius 1 is 1.04 bits per heavy atom. The van der Waals surface area contributed by atoms with Gasteiger partial charge in [0.25, 0.3) is 0 Å². The number of amides is 1. The van der Waals surface area contributed by atoms with Crippen molar-refractivity contribution in [3.05, 3.63) is 59.8 Å². The Morgan fingerprint density at radius 3 is 2.59 bits per heavy atom. The van der Waals surface area contributed by atoms with Crippen molar-refractivity contribution < 1.29 is 19.0 Å². The van der Waals surface area contributed by atoms with Crippen molar-refractivity contribution in [3.63, 3.8) is 0 Å². The van der Waals surface area contributed by atoms with Crippen LogP contribution in [0.15, 0.2) is 48.7 Å². The largest absolute Gasteiger partial charge is 0.493 e. The smallest absolute Gasteiger partial charge is 0.246 e. The molecule has 0 saturated carbocycles. The monoisotopic (exact) mass is 368 g/mol. The minimum atomic E-state index is -0.163. The number of benzene rings is 2. The van der Waals surface area contributed by atoms with Gasteiger partial charge in [-0.3, -0.25) is 4.79 Å². The van der Waals surface area contributed by atoms with E-state index in [1.165, 1.54) is 7.11 Å². The van der Waals surface area contributed by atoms with Gasteiger partial charge in [0.2, 0.25) is 5.91 Å². The highest BCUT2D eigenvalue weighted by molar-refractivity contribution is 5.84. The lowest BCUT2D eigenvalue weighted by atomic mass is 9.90. The third-order valence-corrected chi connectivity index (χ3v) is 4.58. The predicted octanol–water partition coefficient (Wildman–Crippen LogP) is 3.08. The average molecular weight is 368 g/mol. The molecular formula is C21H24N2O4. The summed E-state index contributed by atoms with van der Waals surface area (Å²) >= 11 is 0. The molecule has 142 valence electrons. The molecule has 1 aromatic heterocycles. The molecule has 0 radical (unpaired) electrons. The number of hydrogen-bond acceptors (Lipinski definition) is 4. The van der Waals surface area contributed by atoms with Gasteiger partial charge in [-0.2, -0.15) is 0 Å². The molecule has 1 unspecified atom stereocenters. The molecule has 0 bridgehead atoms. The minimum absolute atomic E-state index is 0.0237. The molecule has 3 rings (SSSR count). The summed E-state index contributed by atoms with van der Waals surface area (Å²) < 4.78 is 16.0. The van der Waals surface area contributed by atoms with Crippen LogP contribution in [0.25, 0.3) is 10.9 Å². The number of H-pyrrole nitrogens is 1. The quantitative estimate of drug-likeness (QED) is 0.641. The maximum absolute atomic E-state index is 12.0. The van der Waals surface area contributed by atoms with Crippen LogP contribution in [0.2, 0.25) is 0 Å². The van der Waals surface area contributed by atoms with Crippen LogP contribution in [0.5, 0.6) is 11.5 Å². The SMILES string of the molecule is COCC(=O)NCC(c1cccc(OC)c1OC)c1c[nH]c2ccccc12. The molecule has 6 nitrogen and oxygen atoms in total. The first-order valence-electron chi connectivity index (χ1n) is 8.72. The summed E-state index contributed by atoms with van der Waals surface area (Å²) in [6, 6.07) is 13.9. The van der Waals surface area contributed by atoms with Gasteiger partial charge in [0.15, 0.2) is 11.5 Å². The third kappa shape index (κ3) is 3.90. The van der Waals surface area contributed by atoms with E-state index in [1.54, 1.807) is 14.2 Å². The number of ether oxygens (including phenoxy) is 3. The van der Waals surface area contributed by atoms with Crippen molar-refractivity contribution in [1.29, 1.82) is 0 Å². The van der Waals surface area contributed by atoms with E-state index in [2.05, 4.69) is 16.4 Å².